The maximum Gasteiger partial charge on any atom is 0.0143 e. The van der Waals surface area contributed by atoms with Gasteiger partial charge in [0, 0.05) is 12.0 Å². The van der Waals surface area contributed by atoms with Crippen LogP contribution in [-0.4, -0.2) is 25.7 Å². The average molecular weight is 280 g/mol. The minimum Gasteiger partial charge on any atom is -0.317 e. The molecule has 0 radical (unpaired) electrons. The number of hydrogen-bond acceptors (Lipinski definition) is 2. The fourth-order valence-corrected chi connectivity index (χ4v) is 3.63. The van der Waals surface area contributed by atoms with Crippen LogP contribution in [0.4, 0.5) is 0 Å². The first-order valence-corrected chi connectivity index (χ1v) is 8.33. The molecule has 0 spiro atoms. The van der Waals surface area contributed by atoms with Gasteiger partial charge in [0.2, 0.25) is 0 Å². The Bertz CT molecular complexity index is 616. The van der Waals surface area contributed by atoms with Crippen LogP contribution in [-0.2, 0) is 0 Å². The quantitative estimate of drug-likeness (QED) is 0.898. The van der Waals surface area contributed by atoms with Crippen molar-refractivity contribution in [3.8, 4) is 0 Å². The second kappa shape index (κ2) is 5.78. The van der Waals surface area contributed by atoms with Crippen molar-refractivity contribution in [1.82, 2.24) is 10.6 Å². The lowest BCUT2D eigenvalue weighted by atomic mass is 9.98. The second-order valence-corrected chi connectivity index (χ2v) is 6.66. The first-order valence-electron chi connectivity index (χ1n) is 8.33. The molecule has 1 saturated carbocycles. The van der Waals surface area contributed by atoms with Gasteiger partial charge in [-0.2, -0.15) is 0 Å². The molecular weight excluding hydrogens is 256 g/mol. The molecule has 0 bridgehead atoms. The number of rotatable bonds is 4. The normalized spacial score (nSPS) is 26.1. The summed E-state index contributed by atoms with van der Waals surface area (Å²) < 4.78 is 0. The maximum atomic E-state index is 3.80. The Labute approximate surface area is 126 Å². The van der Waals surface area contributed by atoms with Gasteiger partial charge >= 0.3 is 0 Å². The molecule has 110 valence electrons. The highest BCUT2D eigenvalue weighted by molar-refractivity contribution is 5.83. The topological polar surface area (TPSA) is 24.1 Å². The summed E-state index contributed by atoms with van der Waals surface area (Å²) in [6, 6.07) is 16.3. The molecule has 2 aliphatic rings. The number of nitrogens with one attached hydrogen (secondary N) is 2. The van der Waals surface area contributed by atoms with Gasteiger partial charge in [0.1, 0.15) is 0 Å². The van der Waals surface area contributed by atoms with Gasteiger partial charge in [-0.3, -0.25) is 0 Å². The van der Waals surface area contributed by atoms with Gasteiger partial charge in [-0.1, -0.05) is 42.5 Å². The van der Waals surface area contributed by atoms with Crippen LogP contribution in [0.3, 0.4) is 0 Å². The SMILES string of the molecule is c1ccc2cc([C@H]3C[C@@H]3NCC3CCNCC3)ccc2c1. The summed E-state index contributed by atoms with van der Waals surface area (Å²) in [5.74, 6) is 1.61. The third kappa shape index (κ3) is 2.97. The van der Waals surface area contributed by atoms with Crippen molar-refractivity contribution >= 4 is 10.8 Å². The standard InChI is InChI=1S/C19H24N2/c1-2-4-16-11-17(6-5-15(16)3-1)18-12-19(18)21-13-14-7-9-20-10-8-14/h1-6,11,14,18-21H,7-10,12-13H2/t18-,19+/m1/s1. The van der Waals surface area contributed by atoms with Crippen LogP contribution in [0.15, 0.2) is 42.5 Å². The van der Waals surface area contributed by atoms with Crippen LogP contribution in [0.2, 0.25) is 0 Å². The molecule has 0 aromatic heterocycles. The Morgan fingerprint density at radius 2 is 1.81 bits per heavy atom. The summed E-state index contributed by atoms with van der Waals surface area (Å²) in [7, 11) is 0. The highest BCUT2D eigenvalue weighted by Gasteiger charge is 2.38. The van der Waals surface area contributed by atoms with Crippen LogP contribution in [0, 0.1) is 5.92 Å². The van der Waals surface area contributed by atoms with Crippen LogP contribution in [0.5, 0.6) is 0 Å². The third-order valence-corrected chi connectivity index (χ3v) is 5.12. The van der Waals surface area contributed by atoms with E-state index in [1.807, 2.05) is 0 Å². The van der Waals surface area contributed by atoms with Gasteiger partial charge in [-0.05, 0) is 61.2 Å². The summed E-state index contributed by atoms with van der Waals surface area (Å²) in [4.78, 5) is 0. The molecule has 1 heterocycles. The molecule has 2 fully saturated rings. The van der Waals surface area contributed by atoms with Gasteiger partial charge in [0.05, 0.1) is 0 Å². The maximum absolute atomic E-state index is 3.80. The van der Waals surface area contributed by atoms with Crippen molar-refractivity contribution < 1.29 is 0 Å². The predicted molar refractivity (Wildman–Crippen MR) is 88.7 cm³/mol. The largest absolute Gasteiger partial charge is 0.317 e. The van der Waals surface area contributed by atoms with Crippen molar-refractivity contribution in [3.05, 3.63) is 48.0 Å². The van der Waals surface area contributed by atoms with E-state index in [0.29, 0.717) is 6.04 Å². The smallest absolute Gasteiger partial charge is 0.0143 e. The van der Waals surface area contributed by atoms with Crippen molar-refractivity contribution in [2.75, 3.05) is 19.6 Å². The summed E-state index contributed by atoms with van der Waals surface area (Å²) >= 11 is 0. The van der Waals surface area contributed by atoms with Crippen LogP contribution in [0.1, 0.15) is 30.7 Å². The molecule has 2 aromatic rings. The van der Waals surface area contributed by atoms with E-state index < -0.39 is 0 Å². The van der Waals surface area contributed by atoms with E-state index in [1.165, 1.54) is 55.2 Å². The molecule has 2 aromatic carbocycles. The highest BCUT2D eigenvalue weighted by Crippen LogP contribution is 2.41. The molecule has 2 nitrogen and oxygen atoms in total. The fourth-order valence-electron chi connectivity index (χ4n) is 3.63. The van der Waals surface area contributed by atoms with Crippen molar-refractivity contribution in [2.45, 2.75) is 31.2 Å². The van der Waals surface area contributed by atoms with Gasteiger partial charge in [0.25, 0.3) is 0 Å². The number of piperidine rings is 1. The van der Waals surface area contributed by atoms with E-state index >= 15 is 0 Å². The van der Waals surface area contributed by atoms with Crippen LogP contribution in [0.25, 0.3) is 10.8 Å². The first-order chi connectivity index (χ1) is 10.4. The summed E-state index contributed by atoms with van der Waals surface area (Å²) in [5.41, 5.74) is 1.51. The van der Waals surface area contributed by atoms with Gasteiger partial charge in [-0.15, -0.1) is 0 Å². The summed E-state index contributed by atoms with van der Waals surface area (Å²) in [6.45, 7) is 3.60. The van der Waals surface area contributed by atoms with E-state index in [4.69, 9.17) is 0 Å². The third-order valence-electron chi connectivity index (χ3n) is 5.12. The summed E-state index contributed by atoms with van der Waals surface area (Å²) in [5, 5.41) is 9.96. The lowest BCUT2D eigenvalue weighted by Gasteiger charge is -2.22. The molecule has 4 rings (SSSR count). The predicted octanol–water partition coefficient (Wildman–Crippen LogP) is 3.28. The molecule has 0 unspecified atom stereocenters. The number of hydrogen-bond donors (Lipinski definition) is 2. The summed E-state index contributed by atoms with van der Waals surface area (Å²) in [6.07, 6.45) is 3.98. The highest BCUT2D eigenvalue weighted by atomic mass is 15.0. The van der Waals surface area contributed by atoms with Crippen molar-refractivity contribution in [2.24, 2.45) is 5.92 Å². The first kappa shape index (κ1) is 13.3. The molecule has 0 amide bonds. The molecule has 2 heteroatoms. The lowest BCUT2D eigenvalue weighted by molar-refractivity contribution is 0.355. The van der Waals surface area contributed by atoms with Gasteiger partial charge < -0.3 is 10.6 Å². The minimum absolute atomic E-state index is 0.709. The van der Waals surface area contributed by atoms with Crippen LogP contribution >= 0.6 is 0 Å². The Morgan fingerprint density at radius 3 is 2.67 bits per heavy atom. The Morgan fingerprint density at radius 1 is 1.00 bits per heavy atom. The van der Waals surface area contributed by atoms with Gasteiger partial charge in [-0.25, -0.2) is 0 Å². The fraction of sp³-hybridized carbons (Fsp3) is 0.474. The molecule has 1 aliphatic heterocycles. The Balaban J connectivity index is 1.36. The molecular formula is C19H24N2. The number of benzene rings is 2. The molecule has 2 N–H and O–H groups in total. The van der Waals surface area contributed by atoms with E-state index in [2.05, 4.69) is 53.1 Å². The zero-order valence-electron chi connectivity index (χ0n) is 12.5. The molecule has 21 heavy (non-hydrogen) atoms. The van der Waals surface area contributed by atoms with Crippen molar-refractivity contribution in [3.63, 3.8) is 0 Å². The average Bonchev–Trinajstić information content (AvgIpc) is 3.33. The minimum atomic E-state index is 0.709. The molecule has 1 aliphatic carbocycles. The van der Waals surface area contributed by atoms with E-state index in [0.717, 1.165) is 11.8 Å². The second-order valence-electron chi connectivity index (χ2n) is 6.66. The van der Waals surface area contributed by atoms with Crippen LogP contribution < -0.4 is 10.6 Å². The van der Waals surface area contributed by atoms with Crippen molar-refractivity contribution in [1.29, 1.82) is 0 Å². The Kier molecular flexibility index (Phi) is 3.66. The number of fused-ring (bicyclic) bond motifs is 1. The zero-order chi connectivity index (χ0) is 14.1. The van der Waals surface area contributed by atoms with E-state index in [9.17, 15) is 0 Å². The van der Waals surface area contributed by atoms with Gasteiger partial charge in [0.15, 0.2) is 0 Å². The zero-order valence-corrected chi connectivity index (χ0v) is 12.5. The molecule has 1 saturated heterocycles. The van der Waals surface area contributed by atoms with E-state index in [1.54, 1.807) is 0 Å². The van der Waals surface area contributed by atoms with E-state index in [-0.39, 0.29) is 0 Å². The Hall–Kier alpha value is -1.38. The monoisotopic (exact) mass is 280 g/mol. The lowest BCUT2D eigenvalue weighted by Crippen LogP contribution is -2.34. The molecule has 2 atom stereocenters.